The number of anilines is 1. The molecular weight excluding hydrogens is 347 g/mol. The minimum absolute atomic E-state index is 0.156. The summed E-state index contributed by atoms with van der Waals surface area (Å²) in [6.07, 6.45) is 3.38. The second kappa shape index (κ2) is 9.17. The van der Waals surface area contributed by atoms with Crippen molar-refractivity contribution in [2.24, 2.45) is 5.92 Å². The molecule has 0 spiro atoms. The molecule has 0 aromatic heterocycles. The minimum atomic E-state index is -0.323. The Hall–Kier alpha value is -2.15. The number of hydrogen-bond acceptors (Lipinski definition) is 3. The average molecular weight is 376 g/mol. The topological polar surface area (TPSA) is 55.9 Å². The van der Waals surface area contributed by atoms with Crippen LogP contribution in [0.5, 0.6) is 0 Å². The number of amides is 3. The van der Waals surface area contributed by atoms with Crippen molar-refractivity contribution >= 4 is 17.6 Å². The number of hydrogen-bond donors (Lipinski definition) is 1. The SMILES string of the molecule is CN1CCN(C(=O)CCC2CCCN(C(=O)Nc3ccc(F)cc3)C2)CC1. The van der Waals surface area contributed by atoms with E-state index in [9.17, 15) is 14.0 Å². The number of piperidine rings is 1. The molecule has 0 radical (unpaired) electrons. The number of piperazine rings is 1. The number of nitrogens with zero attached hydrogens (tertiary/aromatic N) is 3. The summed E-state index contributed by atoms with van der Waals surface area (Å²) in [5, 5.41) is 2.82. The maximum absolute atomic E-state index is 13.0. The molecule has 148 valence electrons. The van der Waals surface area contributed by atoms with Gasteiger partial charge in [-0.25, -0.2) is 9.18 Å². The van der Waals surface area contributed by atoms with Gasteiger partial charge in [-0.15, -0.1) is 0 Å². The summed E-state index contributed by atoms with van der Waals surface area (Å²) < 4.78 is 13.0. The van der Waals surface area contributed by atoms with Crippen molar-refractivity contribution in [3.05, 3.63) is 30.1 Å². The third kappa shape index (κ3) is 5.66. The number of urea groups is 1. The predicted molar refractivity (Wildman–Crippen MR) is 103 cm³/mol. The molecule has 6 nitrogen and oxygen atoms in total. The molecule has 1 N–H and O–H groups in total. The van der Waals surface area contributed by atoms with Gasteiger partial charge < -0.3 is 20.0 Å². The third-order valence-corrected chi connectivity index (χ3v) is 5.52. The van der Waals surface area contributed by atoms with Crippen molar-refractivity contribution < 1.29 is 14.0 Å². The monoisotopic (exact) mass is 376 g/mol. The fourth-order valence-corrected chi connectivity index (χ4v) is 3.76. The number of likely N-dealkylation sites (tertiary alicyclic amines) is 1. The van der Waals surface area contributed by atoms with Crippen molar-refractivity contribution in [3.63, 3.8) is 0 Å². The van der Waals surface area contributed by atoms with Gasteiger partial charge in [0.15, 0.2) is 0 Å². The van der Waals surface area contributed by atoms with E-state index in [2.05, 4.69) is 17.3 Å². The molecule has 0 aliphatic carbocycles. The van der Waals surface area contributed by atoms with Gasteiger partial charge in [-0.2, -0.15) is 0 Å². The van der Waals surface area contributed by atoms with Crippen LogP contribution in [0.25, 0.3) is 0 Å². The van der Waals surface area contributed by atoms with Crippen LogP contribution in [-0.2, 0) is 4.79 Å². The lowest BCUT2D eigenvalue weighted by Gasteiger charge is -2.34. The van der Waals surface area contributed by atoms with Crippen LogP contribution < -0.4 is 5.32 Å². The number of rotatable bonds is 4. The van der Waals surface area contributed by atoms with Crippen LogP contribution in [0.1, 0.15) is 25.7 Å². The van der Waals surface area contributed by atoms with E-state index in [1.807, 2.05) is 4.90 Å². The summed E-state index contributed by atoms with van der Waals surface area (Å²) in [7, 11) is 2.08. The van der Waals surface area contributed by atoms with Gasteiger partial charge in [0, 0.05) is 51.4 Å². The molecule has 0 bridgehead atoms. The summed E-state index contributed by atoms with van der Waals surface area (Å²) in [5.41, 5.74) is 0.591. The van der Waals surface area contributed by atoms with E-state index in [1.54, 1.807) is 17.0 Å². The fourth-order valence-electron chi connectivity index (χ4n) is 3.76. The Morgan fingerprint density at radius 3 is 2.48 bits per heavy atom. The molecule has 2 saturated heterocycles. The molecule has 1 aromatic rings. The van der Waals surface area contributed by atoms with E-state index in [4.69, 9.17) is 0 Å². The molecule has 3 amide bonds. The average Bonchev–Trinajstić information content (AvgIpc) is 2.68. The number of likely N-dealkylation sites (N-methyl/N-ethyl adjacent to an activating group) is 1. The highest BCUT2D eigenvalue weighted by Crippen LogP contribution is 2.22. The first-order chi connectivity index (χ1) is 13.0. The van der Waals surface area contributed by atoms with E-state index in [0.717, 1.165) is 52.0 Å². The summed E-state index contributed by atoms with van der Waals surface area (Å²) in [6, 6.07) is 5.63. The molecule has 2 aliphatic rings. The maximum atomic E-state index is 13.0. The van der Waals surface area contributed by atoms with Crippen LogP contribution in [-0.4, -0.2) is 73.0 Å². The summed E-state index contributed by atoms with van der Waals surface area (Å²) in [5.74, 6) is 0.265. The van der Waals surface area contributed by atoms with Crippen LogP contribution in [0.15, 0.2) is 24.3 Å². The molecule has 1 aromatic carbocycles. The molecule has 7 heteroatoms. The number of carbonyl (C=O) groups is 2. The molecule has 2 fully saturated rings. The standard InChI is InChI=1S/C20H29FN4O2/c1-23-11-13-24(14-12-23)19(26)9-4-16-3-2-10-25(15-16)20(27)22-18-7-5-17(21)6-8-18/h5-8,16H,2-4,9-15H2,1H3,(H,22,27). The molecule has 1 unspecified atom stereocenters. The lowest BCUT2D eigenvalue weighted by Crippen LogP contribution is -2.47. The van der Waals surface area contributed by atoms with Gasteiger partial charge in [-0.3, -0.25) is 4.79 Å². The van der Waals surface area contributed by atoms with Gasteiger partial charge in [0.1, 0.15) is 5.82 Å². The number of nitrogens with one attached hydrogen (secondary N) is 1. The second-order valence-electron chi connectivity index (χ2n) is 7.61. The van der Waals surface area contributed by atoms with Crippen LogP contribution >= 0.6 is 0 Å². The number of carbonyl (C=O) groups excluding carboxylic acids is 2. The minimum Gasteiger partial charge on any atom is -0.340 e. The smallest absolute Gasteiger partial charge is 0.321 e. The number of benzene rings is 1. The highest BCUT2D eigenvalue weighted by atomic mass is 19.1. The van der Waals surface area contributed by atoms with Gasteiger partial charge >= 0.3 is 6.03 Å². The third-order valence-electron chi connectivity index (χ3n) is 5.52. The quantitative estimate of drug-likeness (QED) is 0.879. The Kier molecular flexibility index (Phi) is 6.66. The van der Waals surface area contributed by atoms with Crippen LogP contribution in [0.4, 0.5) is 14.9 Å². The summed E-state index contributed by atoms with van der Waals surface area (Å²) in [4.78, 5) is 30.9. The zero-order chi connectivity index (χ0) is 19.2. The van der Waals surface area contributed by atoms with Crippen LogP contribution in [0.3, 0.4) is 0 Å². The van der Waals surface area contributed by atoms with Crippen molar-refractivity contribution in [2.45, 2.75) is 25.7 Å². The van der Waals surface area contributed by atoms with E-state index in [-0.39, 0.29) is 17.8 Å². The van der Waals surface area contributed by atoms with E-state index < -0.39 is 0 Å². The Labute approximate surface area is 160 Å². The van der Waals surface area contributed by atoms with Crippen molar-refractivity contribution in [3.8, 4) is 0 Å². The zero-order valence-corrected chi connectivity index (χ0v) is 16.0. The van der Waals surface area contributed by atoms with Gasteiger partial charge in [0.05, 0.1) is 0 Å². The second-order valence-corrected chi connectivity index (χ2v) is 7.61. The number of halogens is 1. The first-order valence-electron chi connectivity index (χ1n) is 9.79. The molecule has 0 saturated carbocycles. The van der Waals surface area contributed by atoms with Gasteiger partial charge in [-0.1, -0.05) is 0 Å². The zero-order valence-electron chi connectivity index (χ0n) is 16.0. The van der Waals surface area contributed by atoms with Crippen LogP contribution in [0, 0.1) is 11.7 Å². The highest BCUT2D eigenvalue weighted by molar-refractivity contribution is 5.89. The van der Waals surface area contributed by atoms with E-state index >= 15 is 0 Å². The lowest BCUT2D eigenvalue weighted by molar-refractivity contribution is -0.133. The van der Waals surface area contributed by atoms with E-state index in [0.29, 0.717) is 24.6 Å². The molecule has 3 rings (SSSR count). The first kappa shape index (κ1) is 19.6. The lowest BCUT2D eigenvalue weighted by atomic mass is 9.93. The Morgan fingerprint density at radius 2 is 1.78 bits per heavy atom. The Bertz CT molecular complexity index is 644. The maximum Gasteiger partial charge on any atom is 0.321 e. The molecule has 1 atom stereocenters. The highest BCUT2D eigenvalue weighted by Gasteiger charge is 2.25. The molecule has 2 aliphatic heterocycles. The Balaban J connectivity index is 1.44. The molecule has 2 heterocycles. The van der Waals surface area contributed by atoms with Crippen LogP contribution in [0.2, 0.25) is 0 Å². The fraction of sp³-hybridized carbons (Fsp3) is 0.600. The first-order valence-corrected chi connectivity index (χ1v) is 9.79. The summed E-state index contributed by atoms with van der Waals surface area (Å²) in [6.45, 7) is 4.89. The molecular formula is C20H29FN4O2. The van der Waals surface area contributed by atoms with Gasteiger partial charge in [0.2, 0.25) is 5.91 Å². The van der Waals surface area contributed by atoms with Gasteiger partial charge in [-0.05, 0) is 56.5 Å². The predicted octanol–water partition coefficient (Wildman–Crippen LogP) is 2.62. The largest absolute Gasteiger partial charge is 0.340 e. The van der Waals surface area contributed by atoms with E-state index in [1.165, 1.54) is 12.1 Å². The van der Waals surface area contributed by atoms with Crippen molar-refractivity contribution in [1.82, 2.24) is 14.7 Å². The van der Waals surface area contributed by atoms with Crippen molar-refractivity contribution in [1.29, 1.82) is 0 Å². The Morgan fingerprint density at radius 1 is 1.07 bits per heavy atom. The normalized spacial score (nSPS) is 21.2. The molecule has 27 heavy (non-hydrogen) atoms. The van der Waals surface area contributed by atoms with Gasteiger partial charge in [0.25, 0.3) is 0 Å². The van der Waals surface area contributed by atoms with Crippen molar-refractivity contribution in [2.75, 3.05) is 51.6 Å². The summed E-state index contributed by atoms with van der Waals surface area (Å²) >= 11 is 0.